The van der Waals surface area contributed by atoms with Crippen LogP contribution in [0.1, 0.15) is 31.2 Å². The average molecular weight is 306 g/mol. The van der Waals surface area contributed by atoms with Gasteiger partial charge in [0.15, 0.2) is 0 Å². The van der Waals surface area contributed by atoms with E-state index in [1.165, 1.54) is 6.42 Å². The summed E-state index contributed by atoms with van der Waals surface area (Å²) in [6, 6.07) is 10.4. The highest BCUT2D eigenvalue weighted by molar-refractivity contribution is 6.21. The first-order chi connectivity index (χ1) is 10.2. The number of hydrogen-bond donors (Lipinski definition) is 0. The van der Waals surface area contributed by atoms with Crippen LogP contribution in [-0.2, 0) is 11.3 Å². The van der Waals surface area contributed by atoms with E-state index in [9.17, 15) is 4.79 Å². The number of hydrogen-bond acceptors (Lipinski definition) is 2. The number of alkyl halides is 1. The van der Waals surface area contributed by atoms with Crippen molar-refractivity contribution in [2.75, 3.05) is 0 Å². The molecule has 2 aliphatic heterocycles. The zero-order valence-corrected chi connectivity index (χ0v) is 12.7. The summed E-state index contributed by atoms with van der Waals surface area (Å²) in [7, 11) is 0. The molecule has 2 saturated heterocycles. The molecule has 4 aliphatic rings. The van der Waals surface area contributed by atoms with Crippen LogP contribution in [0, 0.1) is 11.8 Å². The predicted octanol–water partition coefficient (Wildman–Crippen LogP) is 3.80. The second-order valence-corrected chi connectivity index (χ2v) is 7.19. The quantitative estimate of drug-likeness (QED) is 0.778. The molecule has 4 fully saturated rings. The first-order valence-corrected chi connectivity index (χ1v) is 8.29. The molecule has 4 bridgehead atoms. The number of amides is 1. The summed E-state index contributed by atoms with van der Waals surface area (Å²) in [5, 5.41) is 0.113. The van der Waals surface area contributed by atoms with Crippen LogP contribution >= 0.6 is 11.6 Å². The molecule has 1 aromatic carbocycles. The van der Waals surface area contributed by atoms with Gasteiger partial charge in [-0.2, -0.15) is 0 Å². The molecule has 21 heavy (non-hydrogen) atoms. The largest absolute Gasteiger partial charge is 0.445 e. The van der Waals surface area contributed by atoms with E-state index in [0.29, 0.717) is 18.6 Å². The van der Waals surface area contributed by atoms with Gasteiger partial charge in [-0.1, -0.05) is 30.3 Å². The molecule has 2 aliphatic carbocycles. The summed E-state index contributed by atoms with van der Waals surface area (Å²) in [6.45, 7) is 0.343. The van der Waals surface area contributed by atoms with E-state index >= 15 is 0 Å². The van der Waals surface area contributed by atoms with Crippen molar-refractivity contribution < 1.29 is 9.53 Å². The molecular weight excluding hydrogens is 286 g/mol. The van der Waals surface area contributed by atoms with Gasteiger partial charge in [-0.15, -0.1) is 11.6 Å². The maximum absolute atomic E-state index is 12.5. The van der Waals surface area contributed by atoms with Crippen molar-refractivity contribution in [2.24, 2.45) is 11.8 Å². The summed E-state index contributed by atoms with van der Waals surface area (Å²) in [4.78, 5) is 14.4. The zero-order chi connectivity index (χ0) is 14.4. The maximum atomic E-state index is 12.5. The van der Waals surface area contributed by atoms with Crippen LogP contribution in [0.4, 0.5) is 4.79 Å². The number of ether oxygens (including phenoxy) is 1. The maximum Gasteiger partial charge on any atom is 0.410 e. The Morgan fingerprint density at radius 2 is 2.00 bits per heavy atom. The van der Waals surface area contributed by atoms with Crippen molar-refractivity contribution in [3.8, 4) is 0 Å². The molecule has 3 nitrogen and oxygen atoms in total. The van der Waals surface area contributed by atoms with Gasteiger partial charge in [0, 0.05) is 6.04 Å². The minimum atomic E-state index is -0.182. The zero-order valence-electron chi connectivity index (χ0n) is 12.0. The lowest BCUT2D eigenvalue weighted by molar-refractivity contribution is -0.0497. The molecule has 112 valence electrons. The Kier molecular flexibility index (Phi) is 3.33. The first-order valence-electron chi connectivity index (χ1n) is 7.85. The number of benzene rings is 1. The molecule has 2 heterocycles. The summed E-state index contributed by atoms with van der Waals surface area (Å²) < 4.78 is 5.53. The molecule has 5 atom stereocenters. The van der Waals surface area contributed by atoms with Crippen molar-refractivity contribution in [3.05, 3.63) is 35.9 Å². The van der Waals surface area contributed by atoms with Gasteiger partial charge >= 0.3 is 6.09 Å². The lowest BCUT2D eigenvalue weighted by Gasteiger charge is -2.57. The van der Waals surface area contributed by atoms with Crippen molar-refractivity contribution in [3.63, 3.8) is 0 Å². The minimum Gasteiger partial charge on any atom is -0.445 e. The van der Waals surface area contributed by atoms with Gasteiger partial charge in [-0.3, -0.25) is 0 Å². The Hall–Kier alpha value is -1.22. The molecule has 0 radical (unpaired) electrons. The van der Waals surface area contributed by atoms with E-state index in [4.69, 9.17) is 16.3 Å². The van der Waals surface area contributed by atoms with Crippen molar-refractivity contribution in [1.82, 2.24) is 4.90 Å². The average Bonchev–Trinajstić information content (AvgIpc) is 2.50. The Labute approximate surface area is 130 Å². The molecule has 5 unspecified atom stereocenters. The SMILES string of the molecule is O=C(OCc1ccccc1)N1C2CC3CC(C2)C(Cl)C1C3. The van der Waals surface area contributed by atoms with E-state index in [1.807, 2.05) is 35.2 Å². The fraction of sp³-hybridized carbons (Fsp3) is 0.588. The Morgan fingerprint density at radius 1 is 1.19 bits per heavy atom. The second-order valence-electron chi connectivity index (χ2n) is 6.68. The van der Waals surface area contributed by atoms with Gasteiger partial charge in [-0.05, 0) is 43.1 Å². The Bertz CT molecular complexity index is 535. The topological polar surface area (TPSA) is 29.5 Å². The van der Waals surface area contributed by atoms with Gasteiger partial charge in [0.1, 0.15) is 6.61 Å². The van der Waals surface area contributed by atoms with Crippen LogP contribution in [-0.4, -0.2) is 28.5 Å². The van der Waals surface area contributed by atoms with E-state index < -0.39 is 0 Å². The van der Waals surface area contributed by atoms with Gasteiger partial charge < -0.3 is 9.64 Å². The molecule has 0 spiro atoms. The standard InChI is InChI=1S/C17H20ClNO2/c18-16-13-6-12-7-14(9-13)19(15(16)8-12)17(20)21-10-11-4-2-1-3-5-11/h1-5,12-16H,6-10H2. The Balaban J connectivity index is 1.45. The monoisotopic (exact) mass is 305 g/mol. The summed E-state index contributed by atoms with van der Waals surface area (Å²) in [5.74, 6) is 1.37. The van der Waals surface area contributed by atoms with Crippen LogP contribution in [0.3, 0.4) is 0 Å². The Morgan fingerprint density at radius 3 is 2.81 bits per heavy atom. The number of piperidine rings is 2. The van der Waals surface area contributed by atoms with E-state index in [2.05, 4.69) is 0 Å². The molecule has 0 aromatic heterocycles. The minimum absolute atomic E-state index is 0.113. The fourth-order valence-electron chi connectivity index (χ4n) is 4.53. The van der Waals surface area contributed by atoms with Crippen molar-refractivity contribution >= 4 is 17.7 Å². The normalized spacial score (nSPS) is 36.8. The molecule has 5 rings (SSSR count). The number of carbonyl (C=O) groups is 1. The van der Waals surface area contributed by atoms with Crippen LogP contribution in [0.15, 0.2) is 30.3 Å². The van der Waals surface area contributed by atoms with Gasteiger partial charge in [0.25, 0.3) is 0 Å². The number of rotatable bonds is 2. The van der Waals surface area contributed by atoms with Crippen LogP contribution in [0.5, 0.6) is 0 Å². The third-order valence-electron chi connectivity index (χ3n) is 5.38. The lowest BCUT2D eigenvalue weighted by atomic mass is 9.63. The molecule has 1 amide bonds. The third-order valence-corrected chi connectivity index (χ3v) is 6.02. The van der Waals surface area contributed by atoms with Gasteiger partial charge in [-0.25, -0.2) is 4.79 Å². The number of halogens is 1. The van der Waals surface area contributed by atoms with Gasteiger partial charge in [0.05, 0.1) is 11.4 Å². The summed E-state index contributed by atoms with van der Waals surface area (Å²) in [6.07, 6.45) is 4.33. The number of nitrogens with zero attached hydrogens (tertiary/aromatic N) is 1. The highest BCUT2D eigenvalue weighted by atomic mass is 35.5. The molecule has 1 aromatic rings. The smallest absolute Gasteiger partial charge is 0.410 e. The highest BCUT2D eigenvalue weighted by Gasteiger charge is 2.53. The highest BCUT2D eigenvalue weighted by Crippen LogP contribution is 2.51. The van der Waals surface area contributed by atoms with Crippen LogP contribution < -0.4 is 0 Å². The van der Waals surface area contributed by atoms with E-state index in [-0.39, 0.29) is 17.5 Å². The second kappa shape index (κ2) is 5.20. The van der Waals surface area contributed by atoms with Crippen molar-refractivity contribution in [2.45, 2.75) is 49.8 Å². The van der Waals surface area contributed by atoms with Crippen molar-refractivity contribution in [1.29, 1.82) is 0 Å². The van der Waals surface area contributed by atoms with Gasteiger partial charge in [0.2, 0.25) is 0 Å². The molecule has 0 N–H and O–H groups in total. The predicted molar refractivity (Wildman–Crippen MR) is 81.1 cm³/mol. The van der Waals surface area contributed by atoms with Crippen LogP contribution in [0.25, 0.3) is 0 Å². The molecular formula is C17H20ClNO2. The third kappa shape index (κ3) is 2.32. The molecule has 4 heteroatoms. The van der Waals surface area contributed by atoms with E-state index in [0.717, 1.165) is 30.7 Å². The van der Waals surface area contributed by atoms with E-state index in [1.54, 1.807) is 0 Å². The first kappa shape index (κ1) is 13.4. The number of carbonyl (C=O) groups excluding carboxylic acids is 1. The summed E-state index contributed by atoms with van der Waals surface area (Å²) in [5.41, 5.74) is 1.03. The fourth-order valence-corrected chi connectivity index (χ4v) is 4.96. The molecule has 2 saturated carbocycles. The lowest BCUT2D eigenvalue weighted by Crippen LogP contribution is -2.64. The summed E-state index contributed by atoms with van der Waals surface area (Å²) >= 11 is 6.58. The van der Waals surface area contributed by atoms with Crippen LogP contribution in [0.2, 0.25) is 0 Å².